The lowest BCUT2D eigenvalue weighted by Gasteiger charge is -2.23. The molecule has 0 bridgehead atoms. The predicted octanol–water partition coefficient (Wildman–Crippen LogP) is 8.24. The minimum atomic E-state index is 0.303. The van der Waals surface area contributed by atoms with Crippen LogP contribution in [-0.4, -0.2) is 0 Å². The summed E-state index contributed by atoms with van der Waals surface area (Å²) in [6.45, 7) is 0. The molecule has 0 saturated heterocycles. The first-order valence-electron chi connectivity index (χ1n) is 12.2. The van der Waals surface area contributed by atoms with Crippen LogP contribution in [0.1, 0.15) is 27.8 Å². The molecule has 0 unspecified atom stereocenters. The molecule has 0 heterocycles. The normalized spacial score (nSPS) is 13.6. The van der Waals surface area contributed by atoms with Crippen LogP contribution in [0.4, 0.5) is 0 Å². The summed E-state index contributed by atoms with van der Waals surface area (Å²) in [7, 11) is 0. The Hall–Kier alpha value is -3.90. The largest absolute Gasteiger partial charge is 0.0732 e. The predicted molar refractivity (Wildman–Crippen MR) is 144 cm³/mol. The quantitative estimate of drug-likeness (QED) is 0.251. The maximum Gasteiger partial charge on any atom is 0.0210 e. The second-order valence-corrected chi connectivity index (χ2v) is 9.30. The van der Waals surface area contributed by atoms with Crippen LogP contribution in [0.2, 0.25) is 0 Å². The van der Waals surface area contributed by atoms with Gasteiger partial charge < -0.3 is 0 Å². The Balaban J connectivity index is 1.55. The minimum absolute atomic E-state index is 0.303. The average molecular weight is 437 g/mol. The van der Waals surface area contributed by atoms with Crippen LogP contribution in [0.25, 0.3) is 16.7 Å². The van der Waals surface area contributed by atoms with Gasteiger partial charge in [-0.2, -0.15) is 0 Å². The van der Waals surface area contributed by atoms with Gasteiger partial charge in [-0.1, -0.05) is 133 Å². The molecule has 0 atom stereocenters. The summed E-state index contributed by atoms with van der Waals surface area (Å²) in [5, 5.41) is 0. The Morgan fingerprint density at radius 1 is 0.588 bits per heavy atom. The summed E-state index contributed by atoms with van der Waals surface area (Å²) >= 11 is 0. The van der Waals surface area contributed by atoms with Crippen molar-refractivity contribution in [3.63, 3.8) is 0 Å². The Labute approximate surface area is 202 Å². The molecule has 2 aliphatic carbocycles. The third-order valence-electron chi connectivity index (χ3n) is 7.12. The molecule has 0 fully saturated rings. The maximum atomic E-state index is 2.36. The van der Waals surface area contributed by atoms with Crippen LogP contribution in [0.3, 0.4) is 0 Å². The third-order valence-corrected chi connectivity index (χ3v) is 7.12. The van der Waals surface area contributed by atoms with Crippen molar-refractivity contribution < 1.29 is 0 Å². The Bertz CT molecular complexity index is 1350. The monoisotopic (exact) mass is 436 g/mol. The summed E-state index contributed by atoms with van der Waals surface area (Å²) in [6.07, 6.45) is 12.0. The summed E-state index contributed by atoms with van der Waals surface area (Å²) in [5.41, 5.74) is 12.8. The van der Waals surface area contributed by atoms with Gasteiger partial charge in [0.25, 0.3) is 0 Å². The average Bonchev–Trinajstić information content (AvgIpc) is 3.54. The molecule has 4 aromatic carbocycles. The summed E-state index contributed by atoms with van der Waals surface area (Å²) in [5.74, 6) is 0.303. The van der Waals surface area contributed by atoms with E-state index < -0.39 is 0 Å². The Morgan fingerprint density at radius 3 is 1.85 bits per heavy atom. The van der Waals surface area contributed by atoms with Crippen molar-refractivity contribution in [2.45, 2.75) is 19.3 Å². The van der Waals surface area contributed by atoms with E-state index in [1.807, 2.05) is 0 Å². The van der Waals surface area contributed by atoms with E-state index in [1.54, 1.807) is 0 Å². The molecule has 0 aliphatic heterocycles. The van der Waals surface area contributed by atoms with Gasteiger partial charge >= 0.3 is 0 Å². The molecular weight excluding hydrogens is 408 g/mol. The lowest BCUT2D eigenvalue weighted by atomic mass is 9.81. The zero-order valence-electron chi connectivity index (χ0n) is 19.3. The highest BCUT2D eigenvalue weighted by atomic mass is 14.3. The first-order valence-corrected chi connectivity index (χ1v) is 12.2. The van der Waals surface area contributed by atoms with E-state index in [0.29, 0.717) is 5.92 Å². The lowest BCUT2D eigenvalue weighted by Crippen LogP contribution is -2.08. The van der Waals surface area contributed by atoms with E-state index in [4.69, 9.17) is 0 Å². The fraction of sp³-hybridized carbons (Fsp3) is 0.118. The van der Waals surface area contributed by atoms with E-state index in [9.17, 15) is 0 Å². The minimum Gasteiger partial charge on any atom is -0.0732 e. The number of allylic oxidation sites excluding steroid dienone is 6. The molecule has 0 spiro atoms. The van der Waals surface area contributed by atoms with Gasteiger partial charge in [-0.3, -0.25) is 0 Å². The fourth-order valence-corrected chi connectivity index (χ4v) is 5.58. The van der Waals surface area contributed by atoms with Gasteiger partial charge in [0.1, 0.15) is 0 Å². The number of benzene rings is 4. The highest BCUT2D eigenvalue weighted by molar-refractivity contribution is 5.86. The molecule has 0 amide bonds. The van der Waals surface area contributed by atoms with Crippen LogP contribution in [0, 0.1) is 5.92 Å². The van der Waals surface area contributed by atoms with E-state index >= 15 is 0 Å². The molecule has 0 nitrogen and oxygen atoms in total. The maximum absolute atomic E-state index is 2.36. The molecule has 34 heavy (non-hydrogen) atoms. The van der Waals surface area contributed by atoms with Gasteiger partial charge in [0.05, 0.1) is 0 Å². The topological polar surface area (TPSA) is 0 Å². The second kappa shape index (κ2) is 9.15. The molecule has 0 N–H and O–H groups in total. The number of hydrogen-bond donors (Lipinski definition) is 0. The summed E-state index contributed by atoms with van der Waals surface area (Å²) in [4.78, 5) is 0. The first-order chi connectivity index (χ1) is 16.9. The molecule has 0 aromatic heterocycles. The van der Waals surface area contributed by atoms with Crippen molar-refractivity contribution in [2.24, 2.45) is 5.92 Å². The van der Waals surface area contributed by atoms with Gasteiger partial charge in [0.15, 0.2) is 0 Å². The van der Waals surface area contributed by atoms with Gasteiger partial charge in [-0.25, -0.2) is 0 Å². The van der Waals surface area contributed by atoms with Crippen molar-refractivity contribution in [2.75, 3.05) is 0 Å². The van der Waals surface area contributed by atoms with E-state index in [-0.39, 0.29) is 0 Å². The lowest BCUT2D eigenvalue weighted by molar-refractivity contribution is 0.985. The van der Waals surface area contributed by atoms with Gasteiger partial charge in [-0.05, 0) is 63.8 Å². The van der Waals surface area contributed by atoms with Crippen molar-refractivity contribution >= 4 is 5.57 Å². The van der Waals surface area contributed by atoms with Gasteiger partial charge in [-0.15, -0.1) is 0 Å². The molecule has 0 heteroatoms. The van der Waals surface area contributed by atoms with E-state index in [2.05, 4.69) is 127 Å². The molecule has 2 aliphatic rings. The van der Waals surface area contributed by atoms with Crippen molar-refractivity contribution in [3.8, 4) is 11.1 Å². The van der Waals surface area contributed by atoms with Crippen LogP contribution < -0.4 is 0 Å². The summed E-state index contributed by atoms with van der Waals surface area (Å²) < 4.78 is 0. The van der Waals surface area contributed by atoms with E-state index in [0.717, 1.165) is 19.3 Å². The van der Waals surface area contributed by atoms with Gasteiger partial charge in [0.2, 0.25) is 0 Å². The highest BCUT2D eigenvalue weighted by Gasteiger charge is 2.26. The van der Waals surface area contributed by atoms with Crippen LogP contribution in [0.15, 0.2) is 133 Å². The molecule has 6 rings (SSSR count). The molecule has 4 aromatic rings. The number of hydrogen-bond acceptors (Lipinski definition) is 0. The summed E-state index contributed by atoms with van der Waals surface area (Å²) in [6, 6.07) is 37.7. The Morgan fingerprint density at radius 2 is 1.18 bits per heavy atom. The molecule has 164 valence electrons. The van der Waals surface area contributed by atoms with Crippen LogP contribution >= 0.6 is 0 Å². The fourth-order valence-electron chi connectivity index (χ4n) is 5.58. The highest BCUT2D eigenvalue weighted by Crippen LogP contribution is 2.44. The van der Waals surface area contributed by atoms with Crippen molar-refractivity contribution in [3.05, 3.63) is 161 Å². The van der Waals surface area contributed by atoms with Crippen molar-refractivity contribution in [1.82, 2.24) is 0 Å². The smallest absolute Gasteiger partial charge is 0.0210 e. The zero-order valence-corrected chi connectivity index (χ0v) is 19.3. The van der Waals surface area contributed by atoms with Crippen LogP contribution in [0.5, 0.6) is 0 Å². The number of rotatable bonds is 6. The van der Waals surface area contributed by atoms with E-state index in [1.165, 1.54) is 50.1 Å². The third kappa shape index (κ3) is 3.97. The van der Waals surface area contributed by atoms with Crippen molar-refractivity contribution in [1.29, 1.82) is 0 Å². The molecule has 0 radical (unpaired) electrons. The second-order valence-electron chi connectivity index (χ2n) is 9.30. The molecular formula is C34H28. The van der Waals surface area contributed by atoms with Gasteiger partial charge in [0, 0.05) is 5.92 Å². The molecule has 0 saturated carbocycles. The first kappa shape index (κ1) is 20.7. The SMILES string of the molecule is C1=CC(C(=C(Cc2ccccc2)Cc2ccccc2)c2cccc3c2Cc2ccccc2-3)C=C1. The van der Waals surface area contributed by atoms with Crippen LogP contribution in [-0.2, 0) is 19.3 Å². The standard InChI is InChI=1S/C34H28/c1-3-12-25(13-4-1)22-29(23-26-14-5-2-6-15-26)34(27-16-7-8-17-27)32-21-11-20-31-30-19-10-9-18-28(30)24-33(31)32/h1-21,27H,22-24H2. The zero-order chi connectivity index (χ0) is 22.7. The number of fused-ring (bicyclic) bond motifs is 3. The Kier molecular flexibility index (Phi) is 5.57.